The minimum absolute atomic E-state index is 0.173. The first kappa shape index (κ1) is 12.8. The van der Waals surface area contributed by atoms with Crippen molar-refractivity contribution in [1.82, 2.24) is 9.88 Å². The van der Waals surface area contributed by atoms with Gasteiger partial charge in [-0.2, -0.15) is 0 Å². The molecule has 0 spiro atoms. The van der Waals surface area contributed by atoms with Crippen molar-refractivity contribution in [1.29, 1.82) is 0 Å². The van der Waals surface area contributed by atoms with Crippen LogP contribution in [0.25, 0.3) is 0 Å². The fourth-order valence-corrected chi connectivity index (χ4v) is 3.00. The maximum atomic E-state index is 11.0. The van der Waals surface area contributed by atoms with Gasteiger partial charge in [0.05, 0.1) is 12.2 Å². The molecule has 1 amide bonds. The molecule has 0 aliphatic carbocycles. The molecule has 0 aromatic carbocycles. The predicted molar refractivity (Wildman–Crippen MR) is 68.7 cm³/mol. The molecule has 1 aromatic rings. The minimum atomic E-state index is -0.925. The average Bonchev–Trinajstić information content (AvgIpc) is 2.82. The van der Waals surface area contributed by atoms with Crippen LogP contribution in [-0.2, 0) is 15.1 Å². The van der Waals surface area contributed by atoms with Crippen molar-refractivity contribution in [3.63, 3.8) is 0 Å². The van der Waals surface area contributed by atoms with Crippen LogP contribution < -0.4 is 0 Å². The molecule has 7 heteroatoms. The van der Waals surface area contributed by atoms with Gasteiger partial charge in [0.1, 0.15) is 23.1 Å². The summed E-state index contributed by atoms with van der Waals surface area (Å²) in [5.74, 6) is 0. The number of hydrogen-bond acceptors (Lipinski definition) is 4. The Hall–Kier alpha value is -1.18. The first-order valence-electron chi connectivity index (χ1n) is 5.98. The fraction of sp³-hybridized carbons (Fsp3) is 0.500. The summed E-state index contributed by atoms with van der Waals surface area (Å²) in [5.41, 5.74) is 0.157. The number of likely N-dealkylation sites (tertiary alicyclic amines) is 1. The molecule has 2 aliphatic rings. The van der Waals surface area contributed by atoms with Gasteiger partial charge in [-0.15, -0.1) is 0 Å². The topological polar surface area (TPSA) is 71.9 Å². The van der Waals surface area contributed by atoms with Crippen molar-refractivity contribution < 1.29 is 19.4 Å². The number of rotatable bonds is 1. The van der Waals surface area contributed by atoms with E-state index < -0.39 is 11.7 Å². The summed E-state index contributed by atoms with van der Waals surface area (Å²) < 4.78 is 12.1. The van der Waals surface area contributed by atoms with Crippen LogP contribution in [0, 0.1) is 0 Å². The number of pyridine rings is 1. The first-order valence-corrected chi connectivity index (χ1v) is 6.77. The average molecular weight is 329 g/mol. The zero-order valence-electron chi connectivity index (χ0n) is 10.1. The van der Waals surface area contributed by atoms with Gasteiger partial charge in [-0.3, -0.25) is 0 Å². The van der Waals surface area contributed by atoms with Crippen molar-refractivity contribution in [2.24, 2.45) is 0 Å². The summed E-state index contributed by atoms with van der Waals surface area (Å²) in [7, 11) is 0. The van der Waals surface area contributed by atoms with E-state index in [4.69, 9.17) is 14.6 Å². The number of fused-ring (bicyclic) bond motifs is 1. The molecule has 102 valence electrons. The predicted octanol–water partition coefficient (Wildman–Crippen LogP) is 1.80. The third-order valence-corrected chi connectivity index (χ3v) is 4.11. The van der Waals surface area contributed by atoms with Gasteiger partial charge in [-0.1, -0.05) is 6.07 Å². The van der Waals surface area contributed by atoms with E-state index in [1.807, 2.05) is 18.2 Å². The van der Waals surface area contributed by atoms with Crippen molar-refractivity contribution in [3.05, 3.63) is 28.5 Å². The van der Waals surface area contributed by atoms with Crippen LogP contribution in [0.4, 0.5) is 4.79 Å². The summed E-state index contributed by atoms with van der Waals surface area (Å²) in [6, 6.07) is 5.63. The lowest BCUT2D eigenvalue weighted by atomic mass is 9.85. The fourth-order valence-electron chi connectivity index (χ4n) is 2.66. The maximum Gasteiger partial charge on any atom is 0.407 e. The number of halogens is 1. The lowest BCUT2D eigenvalue weighted by Crippen LogP contribution is -2.53. The number of piperidine rings is 1. The molecule has 2 saturated heterocycles. The lowest BCUT2D eigenvalue weighted by molar-refractivity contribution is -0.0478. The molecule has 1 N–H and O–H groups in total. The van der Waals surface area contributed by atoms with Crippen LogP contribution >= 0.6 is 15.9 Å². The molecule has 2 atom stereocenters. The number of ether oxygens (including phenoxy) is 2. The molecule has 1 aromatic heterocycles. The van der Waals surface area contributed by atoms with Gasteiger partial charge in [0.2, 0.25) is 0 Å². The highest BCUT2D eigenvalue weighted by atomic mass is 79.9. The summed E-state index contributed by atoms with van der Waals surface area (Å²) in [6.45, 7) is 0.902. The quantitative estimate of drug-likeness (QED) is 0.796. The van der Waals surface area contributed by atoms with E-state index in [-0.39, 0.29) is 12.9 Å². The molecule has 2 aliphatic heterocycles. The third kappa shape index (κ3) is 2.11. The Kier molecular flexibility index (Phi) is 3.20. The third-order valence-electron chi connectivity index (χ3n) is 3.66. The Bertz CT molecular complexity index is 512. The highest BCUT2D eigenvalue weighted by Gasteiger charge is 2.52. The zero-order chi connectivity index (χ0) is 13.5. The SMILES string of the molecule is O=C(O)N1CC[C@]2(c3cccc(Br)n3)OCO[C@@H]2C1. The number of amides is 1. The van der Waals surface area contributed by atoms with Crippen molar-refractivity contribution in [2.75, 3.05) is 19.9 Å². The van der Waals surface area contributed by atoms with Gasteiger partial charge < -0.3 is 19.5 Å². The number of hydrogen-bond donors (Lipinski definition) is 1. The van der Waals surface area contributed by atoms with E-state index >= 15 is 0 Å². The molecule has 0 unspecified atom stereocenters. The van der Waals surface area contributed by atoms with E-state index in [1.54, 1.807) is 0 Å². The van der Waals surface area contributed by atoms with Crippen LogP contribution in [-0.4, -0.2) is 47.1 Å². The van der Waals surface area contributed by atoms with E-state index in [0.29, 0.717) is 19.5 Å². The van der Waals surface area contributed by atoms with Gasteiger partial charge >= 0.3 is 6.09 Å². The zero-order valence-corrected chi connectivity index (χ0v) is 11.7. The van der Waals surface area contributed by atoms with Gasteiger partial charge in [-0.25, -0.2) is 9.78 Å². The number of carbonyl (C=O) groups is 1. The van der Waals surface area contributed by atoms with E-state index in [2.05, 4.69) is 20.9 Å². The second kappa shape index (κ2) is 4.73. The van der Waals surface area contributed by atoms with Crippen molar-refractivity contribution in [2.45, 2.75) is 18.1 Å². The molecule has 2 fully saturated rings. The van der Waals surface area contributed by atoms with Gasteiger partial charge in [-0.05, 0) is 28.1 Å². The standard InChI is InChI=1S/C12H13BrN2O4/c13-10-3-1-2-8(14-10)12-4-5-15(11(16)17)6-9(12)18-7-19-12/h1-3,9H,4-7H2,(H,16,17)/t9-,12-/m1/s1. The van der Waals surface area contributed by atoms with Crippen molar-refractivity contribution >= 4 is 22.0 Å². The number of carboxylic acid groups (broad SMARTS) is 1. The Morgan fingerprint density at radius 2 is 2.42 bits per heavy atom. The molecule has 3 rings (SSSR count). The monoisotopic (exact) mass is 328 g/mol. The lowest BCUT2D eigenvalue weighted by Gasteiger charge is -2.40. The number of aromatic nitrogens is 1. The van der Waals surface area contributed by atoms with Crippen LogP contribution in [0.1, 0.15) is 12.1 Å². The largest absolute Gasteiger partial charge is 0.465 e. The summed E-state index contributed by atoms with van der Waals surface area (Å²) in [6.07, 6.45) is -0.682. The van der Waals surface area contributed by atoms with Gasteiger partial charge in [0, 0.05) is 13.0 Å². The Labute approximate surface area is 118 Å². The molecule has 0 saturated carbocycles. The van der Waals surface area contributed by atoms with E-state index in [0.717, 1.165) is 10.3 Å². The Morgan fingerprint density at radius 1 is 1.58 bits per heavy atom. The Balaban J connectivity index is 1.93. The van der Waals surface area contributed by atoms with Crippen LogP contribution in [0.3, 0.4) is 0 Å². The van der Waals surface area contributed by atoms with Crippen LogP contribution in [0.5, 0.6) is 0 Å². The molecular weight excluding hydrogens is 316 g/mol. The maximum absolute atomic E-state index is 11.0. The minimum Gasteiger partial charge on any atom is -0.465 e. The summed E-state index contributed by atoms with van der Waals surface area (Å²) >= 11 is 3.35. The second-order valence-electron chi connectivity index (χ2n) is 4.63. The molecule has 19 heavy (non-hydrogen) atoms. The smallest absolute Gasteiger partial charge is 0.407 e. The van der Waals surface area contributed by atoms with Gasteiger partial charge in [0.25, 0.3) is 0 Å². The second-order valence-corrected chi connectivity index (χ2v) is 5.44. The molecule has 3 heterocycles. The van der Waals surface area contributed by atoms with Crippen LogP contribution in [0.15, 0.2) is 22.8 Å². The van der Waals surface area contributed by atoms with Crippen molar-refractivity contribution in [3.8, 4) is 0 Å². The normalized spacial score (nSPS) is 30.2. The Morgan fingerprint density at radius 3 is 3.16 bits per heavy atom. The highest BCUT2D eigenvalue weighted by Crippen LogP contribution is 2.41. The highest BCUT2D eigenvalue weighted by molar-refractivity contribution is 9.10. The molecule has 6 nitrogen and oxygen atoms in total. The number of nitrogens with zero attached hydrogens (tertiary/aromatic N) is 2. The van der Waals surface area contributed by atoms with Crippen LogP contribution in [0.2, 0.25) is 0 Å². The van der Waals surface area contributed by atoms with Gasteiger partial charge in [0.15, 0.2) is 0 Å². The molecule has 0 radical (unpaired) electrons. The van der Waals surface area contributed by atoms with E-state index in [1.165, 1.54) is 4.90 Å². The molecule has 0 bridgehead atoms. The molecular formula is C12H13BrN2O4. The summed E-state index contributed by atoms with van der Waals surface area (Å²) in [4.78, 5) is 16.8. The first-order chi connectivity index (χ1) is 9.12. The summed E-state index contributed by atoms with van der Waals surface area (Å²) in [5, 5.41) is 9.06. The van der Waals surface area contributed by atoms with E-state index in [9.17, 15) is 4.79 Å².